The molecule has 0 bridgehead atoms. The molecule has 36 heavy (non-hydrogen) atoms. The fraction of sp³-hybridized carbons (Fsp3) is 0.407. The van der Waals surface area contributed by atoms with Crippen molar-refractivity contribution in [1.29, 1.82) is 0 Å². The van der Waals surface area contributed by atoms with Crippen LogP contribution >= 0.6 is 27.5 Å². The highest BCUT2D eigenvalue weighted by molar-refractivity contribution is 9.10. The second-order valence-corrected chi connectivity index (χ2v) is 10.9. The average Bonchev–Trinajstić information content (AvgIpc) is 2.77. The van der Waals surface area contributed by atoms with Crippen LogP contribution in [0.3, 0.4) is 0 Å². The van der Waals surface area contributed by atoms with E-state index in [1.165, 1.54) is 13.2 Å². The lowest BCUT2D eigenvalue weighted by Gasteiger charge is -2.35. The molecule has 192 valence electrons. The largest absolute Gasteiger partial charge is 0.496 e. The lowest BCUT2D eigenvalue weighted by molar-refractivity contribution is -0.169. The van der Waals surface area contributed by atoms with Crippen molar-refractivity contribution in [3.63, 3.8) is 0 Å². The van der Waals surface area contributed by atoms with Gasteiger partial charge >= 0.3 is 5.97 Å². The standard InChI is InChI=1S/C27H28BrClO7/c1-27(2,3)36-26(31)15-10-16(11-15)33-8-9-34-24-12-18(22(32-4)13-19(24)28)23-14-21(30)17-6-5-7-20(29)25(17)35-23/h5-7,12-16H,8-11H2,1-4H3/t15-,16+. The molecule has 1 heterocycles. The quantitative estimate of drug-likeness (QED) is 0.225. The monoisotopic (exact) mass is 578 g/mol. The third-order valence-corrected chi connectivity index (χ3v) is 6.67. The molecule has 0 spiro atoms. The van der Waals surface area contributed by atoms with Gasteiger partial charge in [0.2, 0.25) is 0 Å². The van der Waals surface area contributed by atoms with Crippen molar-refractivity contribution in [3.8, 4) is 22.8 Å². The summed E-state index contributed by atoms with van der Waals surface area (Å²) in [5.41, 5.74) is 0.172. The molecular formula is C27H28BrClO7. The topological polar surface area (TPSA) is 84.2 Å². The second kappa shape index (κ2) is 10.8. The molecule has 0 unspecified atom stereocenters. The van der Waals surface area contributed by atoms with Crippen molar-refractivity contribution in [2.75, 3.05) is 20.3 Å². The molecule has 0 radical (unpaired) electrons. The van der Waals surface area contributed by atoms with E-state index in [0.717, 1.165) is 0 Å². The van der Waals surface area contributed by atoms with Crippen molar-refractivity contribution in [3.05, 3.63) is 56.1 Å². The Morgan fingerprint density at radius 3 is 2.58 bits per heavy atom. The zero-order valence-electron chi connectivity index (χ0n) is 20.6. The van der Waals surface area contributed by atoms with Crippen molar-refractivity contribution in [2.24, 2.45) is 5.92 Å². The van der Waals surface area contributed by atoms with Crippen molar-refractivity contribution in [2.45, 2.75) is 45.3 Å². The Balaban J connectivity index is 1.41. The number of para-hydroxylation sites is 1. The van der Waals surface area contributed by atoms with Gasteiger partial charge in [0.1, 0.15) is 29.5 Å². The summed E-state index contributed by atoms with van der Waals surface area (Å²) < 4.78 is 29.4. The number of hydrogen-bond acceptors (Lipinski definition) is 7. The van der Waals surface area contributed by atoms with E-state index < -0.39 is 5.60 Å². The van der Waals surface area contributed by atoms with E-state index in [0.29, 0.717) is 69.3 Å². The average molecular weight is 580 g/mol. The van der Waals surface area contributed by atoms with Crippen LogP contribution in [0.5, 0.6) is 11.5 Å². The van der Waals surface area contributed by atoms with Gasteiger partial charge in [-0.2, -0.15) is 0 Å². The molecule has 0 aliphatic heterocycles. The number of carbonyl (C=O) groups excluding carboxylic acids is 1. The molecule has 1 aliphatic rings. The van der Waals surface area contributed by atoms with Crippen LogP contribution in [0.2, 0.25) is 5.02 Å². The molecule has 4 rings (SSSR count). The van der Waals surface area contributed by atoms with Crippen LogP contribution < -0.4 is 14.9 Å². The van der Waals surface area contributed by atoms with Crippen molar-refractivity contribution >= 4 is 44.5 Å². The maximum Gasteiger partial charge on any atom is 0.309 e. The van der Waals surface area contributed by atoms with E-state index in [2.05, 4.69) is 15.9 Å². The maximum atomic E-state index is 12.7. The Hall–Kier alpha value is -2.55. The summed E-state index contributed by atoms with van der Waals surface area (Å²) in [6, 6.07) is 9.95. The van der Waals surface area contributed by atoms with Crippen LogP contribution in [-0.4, -0.2) is 38.0 Å². The van der Waals surface area contributed by atoms with Crippen LogP contribution in [0, 0.1) is 5.92 Å². The number of benzene rings is 2. The molecule has 0 atom stereocenters. The summed E-state index contributed by atoms with van der Waals surface area (Å²) in [5.74, 6) is 1.07. The first-order chi connectivity index (χ1) is 17.1. The van der Waals surface area contributed by atoms with Crippen LogP contribution in [0.15, 0.2) is 50.1 Å². The first kappa shape index (κ1) is 26.5. The van der Waals surface area contributed by atoms with Gasteiger partial charge in [-0.3, -0.25) is 9.59 Å². The van der Waals surface area contributed by atoms with Crippen LogP contribution in [-0.2, 0) is 14.3 Å². The second-order valence-electron chi connectivity index (χ2n) is 9.62. The highest BCUT2D eigenvalue weighted by Crippen LogP contribution is 2.40. The number of methoxy groups -OCH3 is 1. The van der Waals surface area contributed by atoms with Gasteiger partial charge in [0.05, 0.1) is 46.2 Å². The maximum absolute atomic E-state index is 12.7. The van der Waals surface area contributed by atoms with Gasteiger partial charge in [-0.05, 0) is 73.8 Å². The number of hydrogen-bond donors (Lipinski definition) is 0. The number of fused-ring (bicyclic) bond motifs is 1. The molecule has 0 N–H and O–H groups in total. The van der Waals surface area contributed by atoms with Crippen LogP contribution in [0.4, 0.5) is 0 Å². The molecule has 7 nitrogen and oxygen atoms in total. The van der Waals surface area contributed by atoms with Gasteiger partial charge in [-0.1, -0.05) is 17.7 Å². The summed E-state index contributed by atoms with van der Waals surface area (Å²) in [6.07, 6.45) is 1.31. The Morgan fingerprint density at radius 2 is 1.89 bits per heavy atom. The van der Waals surface area contributed by atoms with Gasteiger partial charge in [0.15, 0.2) is 11.0 Å². The molecule has 1 saturated carbocycles. The summed E-state index contributed by atoms with van der Waals surface area (Å²) in [4.78, 5) is 24.8. The minimum atomic E-state index is -0.483. The Labute approximate surface area is 222 Å². The summed E-state index contributed by atoms with van der Waals surface area (Å²) in [7, 11) is 1.54. The zero-order valence-corrected chi connectivity index (χ0v) is 22.9. The van der Waals surface area contributed by atoms with Crippen LogP contribution in [0.25, 0.3) is 22.3 Å². The van der Waals surface area contributed by atoms with Gasteiger partial charge < -0.3 is 23.4 Å². The molecule has 0 amide bonds. The molecule has 9 heteroatoms. The summed E-state index contributed by atoms with van der Waals surface area (Å²) >= 11 is 9.77. The van der Waals surface area contributed by atoms with Crippen molar-refractivity contribution in [1.82, 2.24) is 0 Å². The third kappa shape index (κ3) is 6.05. The molecular weight excluding hydrogens is 552 g/mol. The van der Waals surface area contributed by atoms with Crippen LogP contribution in [0.1, 0.15) is 33.6 Å². The number of ether oxygens (including phenoxy) is 4. The molecule has 3 aromatic rings. The Morgan fingerprint density at radius 1 is 1.14 bits per heavy atom. The fourth-order valence-electron chi connectivity index (χ4n) is 3.93. The van der Waals surface area contributed by atoms with Gasteiger partial charge in [0, 0.05) is 6.07 Å². The van der Waals surface area contributed by atoms with E-state index in [9.17, 15) is 9.59 Å². The summed E-state index contributed by atoms with van der Waals surface area (Å²) in [5, 5.41) is 0.752. The van der Waals surface area contributed by atoms with Gasteiger partial charge in [0.25, 0.3) is 0 Å². The lowest BCUT2D eigenvalue weighted by Crippen LogP contribution is -2.40. The number of carbonyl (C=O) groups is 1. The van der Waals surface area contributed by atoms with Gasteiger partial charge in [-0.25, -0.2) is 0 Å². The lowest BCUT2D eigenvalue weighted by atomic mass is 9.82. The number of rotatable bonds is 8. The summed E-state index contributed by atoms with van der Waals surface area (Å²) in [6.45, 7) is 6.24. The first-order valence-electron chi connectivity index (χ1n) is 11.6. The van der Waals surface area contributed by atoms with Gasteiger partial charge in [-0.15, -0.1) is 0 Å². The van der Waals surface area contributed by atoms with E-state index in [1.807, 2.05) is 20.8 Å². The minimum absolute atomic E-state index is 0.0117. The first-order valence-corrected chi connectivity index (χ1v) is 12.8. The van der Waals surface area contributed by atoms with Crippen molar-refractivity contribution < 1.29 is 28.2 Å². The SMILES string of the molecule is COc1cc(Br)c(OCCO[C@H]2C[C@@H](C(=O)OC(C)(C)C)C2)cc1-c1cc(=O)c2cccc(Cl)c2o1. The Bertz CT molecular complexity index is 1320. The third-order valence-electron chi connectivity index (χ3n) is 5.76. The predicted octanol–water partition coefficient (Wildman–Crippen LogP) is 6.40. The smallest absolute Gasteiger partial charge is 0.309 e. The Kier molecular flexibility index (Phi) is 7.97. The molecule has 1 fully saturated rings. The number of halogens is 2. The highest BCUT2D eigenvalue weighted by Gasteiger charge is 2.37. The van der Waals surface area contributed by atoms with E-state index in [4.69, 9.17) is 35.0 Å². The molecule has 1 aliphatic carbocycles. The number of esters is 1. The minimum Gasteiger partial charge on any atom is -0.496 e. The van der Waals surface area contributed by atoms with E-state index >= 15 is 0 Å². The molecule has 2 aromatic carbocycles. The fourth-order valence-corrected chi connectivity index (χ4v) is 4.58. The zero-order chi connectivity index (χ0) is 26.0. The molecule has 0 saturated heterocycles. The molecule has 1 aromatic heterocycles. The normalized spacial score (nSPS) is 17.5. The van der Waals surface area contributed by atoms with E-state index in [1.54, 1.807) is 30.3 Å². The highest BCUT2D eigenvalue weighted by atomic mass is 79.9. The van der Waals surface area contributed by atoms with E-state index in [-0.39, 0.29) is 23.4 Å². The predicted molar refractivity (Wildman–Crippen MR) is 141 cm³/mol.